The van der Waals surface area contributed by atoms with E-state index < -0.39 is 120 Å². The Hall–Kier alpha value is -3.45. The third-order valence-corrected chi connectivity index (χ3v) is 8.85. The Labute approximate surface area is 294 Å². The molecule has 2 aliphatic carbocycles. The molecule has 1 aliphatic heterocycles. The molecule has 2 aromatic rings. The number of hydrogen-bond donors (Lipinski definition) is 8. The van der Waals surface area contributed by atoms with Crippen molar-refractivity contribution in [2.24, 2.45) is 0 Å². The van der Waals surface area contributed by atoms with Gasteiger partial charge in [-0.25, -0.2) is 0 Å². The minimum atomic E-state index is -2.39. The minimum absolute atomic E-state index is 0. The van der Waals surface area contributed by atoms with Gasteiger partial charge in [-0.1, -0.05) is 12.1 Å². The standard InChI is InChI=1S/C31H33NO15.Na.H/c1-11-25(37)14(32-15(30(42)43)6-19(35)36)7-20(46-11)47-17-9-31(44,18(34)10-33)8-13-22(17)29(41)24-23(27(13)39)26(38)12-4-3-5-16(45-2)21(12)28(24)40;;/h3-5,11,14-15,17,20,25,32-33,37,39,41,44H,6-10H2,1-2H3,(H,35,36)(H,42,43);;/t11?,14?,15?,17-,20?,25?,31-;;/m0../s1. The monoisotopic (exact) mass is 683 g/mol. The summed E-state index contributed by atoms with van der Waals surface area (Å²) in [6, 6.07) is 1.52. The van der Waals surface area contributed by atoms with Gasteiger partial charge in [0.05, 0.1) is 48.5 Å². The fourth-order valence-electron chi connectivity index (χ4n) is 6.53. The maximum atomic E-state index is 13.8. The zero-order valence-corrected chi connectivity index (χ0v) is 25.1. The molecule has 1 saturated heterocycles. The molecule has 0 spiro atoms. The van der Waals surface area contributed by atoms with Gasteiger partial charge in [0, 0.05) is 42.0 Å². The van der Waals surface area contributed by atoms with Gasteiger partial charge in [-0.3, -0.25) is 29.3 Å². The molecule has 0 bridgehead atoms. The molecule has 0 aromatic heterocycles. The molecule has 8 N–H and O–H groups in total. The predicted molar refractivity (Wildman–Crippen MR) is 162 cm³/mol. The Morgan fingerprint density at radius 1 is 1.08 bits per heavy atom. The van der Waals surface area contributed by atoms with Gasteiger partial charge in [0.2, 0.25) is 5.78 Å². The van der Waals surface area contributed by atoms with Gasteiger partial charge >= 0.3 is 41.5 Å². The molecule has 0 saturated carbocycles. The zero-order valence-electron chi connectivity index (χ0n) is 25.1. The molecule has 0 amide bonds. The number of rotatable bonds is 10. The van der Waals surface area contributed by atoms with Crippen molar-refractivity contribution in [1.29, 1.82) is 0 Å². The van der Waals surface area contributed by atoms with Crippen molar-refractivity contribution in [3.63, 3.8) is 0 Å². The normalized spacial score (nSPS) is 26.7. The van der Waals surface area contributed by atoms with Crippen LogP contribution in [-0.4, -0.2) is 144 Å². The first kappa shape index (κ1) is 37.4. The van der Waals surface area contributed by atoms with E-state index in [0.29, 0.717) is 0 Å². The van der Waals surface area contributed by atoms with Crippen LogP contribution >= 0.6 is 0 Å². The van der Waals surface area contributed by atoms with E-state index in [2.05, 4.69) is 5.32 Å². The van der Waals surface area contributed by atoms with Crippen LogP contribution in [0, 0.1) is 0 Å². The molecule has 5 unspecified atom stereocenters. The summed E-state index contributed by atoms with van der Waals surface area (Å²) >= 11 is 0. The number of carboxylic acids is 2. The van der Waals surface area contributed by atoms with Crippen LogP contribution in [0.25, 0.3) is 0 Å². The number of phenols is 2. The number of aromatic hydroxyl groups is 2. The Balaban J connectivity index is 0.00000520. The number of Topliss-reactive ketones (excluding diaryl/α,β-unsaturated/α-hetero) is 1. The number of ether oxygens (including phenoxy) is 3. The van der Waals surface area contributed by atoms with Gasteiger partial charge in [0.1, 0.15) is 35.5 Å². The van der Waals surface area contributed by atoms with E-state index in [4.69, 9.17) is 19.3 Å². The van der Waals surface area contributed by atoms with E-state index in [1.165, 1.54) is 32.2 Å². The number of carboxylic acid groups (broad SMARTS) is 2. The second-order valence-electron chi connectivity index (χ2n) is 11.8. The van der Waals surface area contributed by atoms with Crippen molar-refractivity contribution in [2.45, 2.75) is 74.9 Å². The van der Waals surface area contributed by atoms with Gasteiger partial charge in [-0.2, -0.15) is 0 Å². The summed E-state index contributed by atoms with van der Waals surface area (Å²) in [5.74, 6) is -7.23. The molecule has 16 nitrogen and oxygen atoms in total. The number of aliphatic carboxylic acids is 2. The van der Waals surface area contributed by atoms with Crippen molar-refractivity contribution in [2.75, 3.05) is 13.7 Å². The van der Waals surface area contributed by atoms with Crippen LogP contribution < -0.4 is 10.1 Å². The summed E-state index contributed by atoms with van der Waals surface area (Å²) < 4.78 is 17.1. The maximum absolute atomic E-state index is 13.8. The second-order valence-corrected chi connectivity index (χ2v) is 11.8. The van der Waals surface area contributed by atoms with Crippen molar-refractivity contribution in [3.8, 4) is 17.2 Å². The van der Waals surface area contributed by atoms with Crippen molar-refractivity contribution < 1.29 is 73.9 Å². The molecular weight excluding hydrogens is 649 g/mol. The molecule has 5 rings (SSSR count). The third kappa shape index (κ3) is 6.47. The topological polar surface area (TPSA) is 267 Å². The average Bonchev–Trinajstić information content (AvgIpc) is 3.02. The number of ketones is 3. The molecule has 1 heterocycles. The van der Waals surface area contributed by atoms with Crippen molar-refractivity contribution in [1.82, 2.24) is 5.32 Å². The molecule has 2 aromatic carbocycles. The van der Waals surface area contributed by atoms with E-state index in [0.717, 1.165) is 0 Å². The van der Waals surface area contributed by atoms with Crippen LogP contribution in [0.3, 0.4) is 0 Å². The number of carbonyl (C=O) groups excluding carboxylic acids is 3. The van der Waals surface area contributed by atoms with Crippen LogP contribution in [-0.2, 0) is 30.3 Å². The summed E-state index contributed by atoms with van der Waals surface area (Å²) in [4.78, 5) is 63.1. The van der Waals surface area contributed by atoms with Crippen LogP contribution in [0.4, 0.5) is 0 Å². The zero-order chi connectivity index (χ0) is 34.5. The van der Waals surface area contributed by atoms with Crippen LogP contribution in [0.2, 0.25) is 0 Å². The number of benzene rings is 2. The quantitative estimate of drug-likeness (QED) is 0.0932. The van der Waals surface area contributed by atoms with E-state index >= 15 is 0 Å². The molecule has 3 aliphatic rings. The number of carbonyl (C=O) groups is 5. The van der Waals surface area contributed by atoms with Gasteiger partial charge in [0.25, 0.3) is 0 Å². The first-order valence-electron chi connectivity index (χ1n) is 14.6. The first-order chi connectivity index (χ1) is 22.1. The Morgan fingerprint density at radius 3 is 2.35 bits per heavy atom. The van der Waals surface area contributed by atoms with Crippen molar-refractivity contribution in [3.05, 3.63) is 51.6 Å². The number of fused-ring (bicyclic) bond motifs is 3. The molecule has 254 valence electrons. The number of phenolic OH excluding ortho intramolecular Hbond substituents is 2. The molecule has 1 fully saturated rings. The van der Waals surface area contributed by atoms with Crippen molar-refractivity contribution >= 4 is 58.8 Å². The van der Waals surface area contributed by atoms with E-state index in [-0.39, 0.29) is 64.0 Å². The number of aliphatic hydroxyl groups excluding tert-OH is 2. The van der Waals surface area contributed by atoms with Gasteiger partial charge in [0.15, 0.2) is 17.9 Å². The summed E-state index contributed by atoms with van der Waals surface area (Å²) in [7, 11) is 1.28. The Bertz CT molecular complexity index is 1680. The molecule has 48 heavy (non-hydrogen) atoms. The average molecular weight is 684 g/mol. The fraction of sp³-hybridized carbons (Fsp3) is 0.452. The molecule has 7 atom stereocenters. The van der Waals surface area contributed by atoms with E-state index in [9.17, 15) is 54.6 Å². The third-order valence-electron chi connectivity index (χ3n) is 8.85. The van der Waals surface area contributed by atoms with Crippen LogP contribution in [0.1, 0.15) is 75.3 Å². The van der Waals surface area contributed by atoms with E-state index in [1.54, 1.807) is 0 Å². The molecule has 17 heteroatoms. The SMILES string of the molecule is COc1cccc2c1C(=O)c1c(O)c3c(c(O)c1C2=O)C[C@@](O)(C(=O)CO)C[C@@H]3OC1CC(NC(CC(=O)O)C(=O)O)C(O)C(C)O1.[NaH]. The van der Waals surface area contributed by atoms with Gasteiger partial charge < -0.3 is 50.0 Å². The summed E-state index contributed by atoms with van der Waals surface area (Å²) in [6.45, 7) is 0.313. The number of methoxy groups -OCH3 is 1. The van der Waals surface area contributed by atoms with Crippen LogP contribution in [0.5, 0.6) is 17.2 Å². The Kier molecular flexibility index (Phi) is 11.0. The number of aliphatic hydroxyl groups is 3. The van der Waals surface area contributed by atoms with Gasteiger partial charge in [-0.15, -0.1) is 0 Å². The predicted octanol–water partition coefficient (Wildman–Crippen LogP) is -1.09. The van der Waals surface area contributed by atoms with Gasteiger partial charge in [-0.05, 0) is 13.0 Å². The van der Waals surface area contributed by atoms with E-state index in [1.807, 2.05) is 0 Å². The summed E-state index contributed by atoms with van der Waals surface area (Å²) in [6.07, 6.45) is -7.68. The number of hydrogen-bond acceptors (Lipinski definition) is 14. The second kappa shape index (κ2) is 14.2. The molecular formula is C31H34NNaO15. The Morgan fingerprint density at radius 2 is 1.75 bits per heavy atom. The summed E-state index contributed by atoms with van der Waals surface area (Å²) in [5.41, 5.74) is -4.37. The van der Waals surface area contributed by atoms with Crippen LogP contribution in [0.15, 0.2) is 18.2 Å². The molecule has 0 radical (unpaired) electrons. The number of nitrogens with one attached hydrogen (secondary N) is 1. The first-order valence-corrected chi connectivity index (χ1v) is 14.6. The summed E-state index contributed by atoms with van der Waals surface area (Å²) in [5, 5.41) is 76.0. The fourth-order valence-corrected chi connectivity index (χ4v) is 6.53.